The van der Waals surface area contributed by atoms with Gasteiger partial charge in [0, 0.05) is 26.3 Å². The van der Waals surface area contributed by atoms with E-state index < -0.39 is 18.0 Å². The fraction of sp³-hybridized carbons (Fsp3) is 0.333. The molecule has 0 bridgehead atoms. The topological polar surface area (TPSA) is 72.5 Å². The number of nitrogens with zero attached hydrogens (tertiary/aromatic N) is 1. The van der Waals surface area contributed by atoms with E-state index in [1.807, 2.05) is 0 Å². The number of pyridine rings is 1. The molecule has 0 radical (unpaired) electrons. The van der Waals surface area contributed by atoms with Crippen LogP contribution in [0.4, 0.5) is 4.39 Å². The van der Waals surface area contributed by atoms with Crippen LogP contribution in [0.25, 0.3) is 0 Å². The van der Waals surface area contributed by atoms with Gasteiger partial charge in [0.2, 0.25) is 5.88 Å². The third kappa shape index (κ3) is 4.12. The van der Waals surface area contributed by atoms with Crippen molar-refractivity contribution in [1.82, 2.24) is 15.6 Å². The lowest BCUT2D eigenvalue weighted by atomic mass is 10.0. The Balaban J connectivity index is 1.90. The maximum atomic E-state index is 13.9. The largest absolute Gasteiger partial charge is 0.469 e. The van der Waals surface area contributed by atoms with E-state index in [-0.39, 0.29) is 16.8 Å². The normalized spacial score (nSPS) is 20.3. The van der Waals surface area contributed by atoms with Gasteiger partial charge in [-0.1, -0.05) is 17.7 Å². The Bertz CT molecular complexity index is 790. The molecule has 1 fully saturated rings. The van der Waals surface area contributed by atoms with Crippen LogP contribution in [0.5, 0.6) is 5.88 Å². The summed E-state index contributed by atoms with van der Waals surface area (Å²) < 4.78 is 25.8. The number of hydrogen-bond acceptors (Lipinski definition) is 5. The van der Waals surface area contributed by atoms with Gasteiger partial charge in [-0.05, 0) is 29.8 Å². The van der Waals surface area contributed by atoms with E-state index in [2.05, 4.69) is 15.6 Å². The van der Waals surface area contributed by atoms with E-state index in [0.717, 1.165) is 0 Å². The van der Waals surface area contributed by atoms with Gasteiger partial charge in [-0.15, -0.1) is 0 Å². The highest BCUT2D eigenvalue weighted by atomic mass is 35.5. The van der Waals surface area contributed by atoms with Gasteiger partial charge >= 0.3 is 0 Å². The lowest BCUT2D eigenvalue weighted by molar-refractivity contribution is -0.0105. The first-order valence-electron chi connectivity index (χ1n) is 8.21. The third-order valence-corrected chi connectivity index (χ3v) is 4.34. The molecule has 1 aliphatic rings. The number of rotatable bonds is 4. The van der Waals surface area contributed by atoms with Crippen molar-refractivity contribution < 1.29 is 18.7 Å². The van der Waals surface area contributed by atoms with Gasteiger partial charge in [0.15, 0.2) is 0 Å². The van der Waals surface area contributed by atoms with Crippen LogP contribution in [-0.2, 0) is 4.74 Å². The third-order valence-electron chi connectivity index (χ3n) is 4.04. The number of halogens is 2. The maximum absolute atomic E-state index is 13.9. The van der Waals surface area contributed by atoms with Gasteiger partial charge in [0.25, 0.3) is 5.91 Å². The molecule has 1 aromatic carbocycles. The standard InChI is InChI=1S/C18H19ClFN3O3/c1-21-17(24)12-3-2-6-23-18(12)26-15-10-22-7-8-25-16(15)11-4-5-13(19)14(20)9-11/h2-6,9,15-16,22H,7-8,10H2,1H3,(H,21,24)/t15-,16?/m1/s1. The number of hydrogen-bond donors (Lipinski definition) is 2. The van der Waals surface area contributed by atoms with Crippen molar-refractivity contribution in [2.24, 2.45) is 0 Å². The van der Waals surface area contributed by atoms with Crippen molar-refractivity contribution in [2.45, 2.75) is 12.2 Å². The van der Waals surface area contributed by atoms with E-state index in [0.29, 0.717) is 30.8 Å². The number of aromatic nitrogens is 1. The molecule has 6 nitrogen and oxygen atoms in total. The molecule has 1 amide bonds. The molecule has 2 atom stereocenters. The Hall–Kier alpha value is -2.22. The molecule has 0 saturated carbocycles. The van der Waals surface area contributed by atoms with Crippen LogP contribution in [0.1, 0.15) is 22.0 Å². The fourth-order valence-corrected chi connectivity index (χ4v) is 2.87. The van der Waals surface area contributed by atoms with Gasteiger partial charge in [0.1, 0.15) is 23.6 Å². The highest BCUT2D eigenvalue weighted by molar-refractivity contribution is 6.30. The first kappa shape index (κ1) is 18.6. The van der Waals surface area contributed by atoms with Gasteiger partial charge in [-0.25, -0.2) is 9.37 Å². The molecule has 8 heteroatoms. The van der Waals surface area contributed by atoms with E-state index in [1.54, 1.807) is 24.4 Å². The zero-order valence-electron chi connectivity index (χ0n) is 14.2. The van der Waals surface area contributed by atoms with Crippen molar-refractivity contribution >= 4 is 17.5 Å². The highest BCUT2D eigenvalue weighted by Gasteiger charge is 2.30. The second kappa shape index (κ2) is 8.44. The predicted molar refractivity (Wildman–Crippen MR) is 95.0 cm³/mol. The van der Waals surface area contributed by atoms with Crippen LogP contribution in [0.3, 0.4) is 0 Å². The quantitative estimate of drug-likeness (QED) is 0.853. The zero-order chi connectivity index (χ0) is 18.5. The number of nitrogens with one attached hydrogen (secondary N) is 2. The van der Waals surface area contributed by atoms with Crippen molar-refractivity contribution in [2.75, 3.05) is 26.7 Å². The molecule has 1 aliphatic heterocycles. The average Bonchev–Trinajstić information content (AvgIpc) is 2.89. The number of benzene rings is 1. The second-order valence-electron chi connectivity index (χ2n) is 5.76. The summed E-state index contributed by atoms with van der Waals surface area (Å²) in [6.45, 7) is 1.54. The molecule has 3 rings (SSSR count). The van der Waals surface area contributed by atoms with Gasteiger partial charge < -0.3 is 20.1 Å². The van der Waals surface area contributed by atoms with Crippen LogP contribution in [0.2, 0.25) is 5.02 Å². The smallest absolute Gasteiger partial charge is 0.256 e. The molecule has 2 N–H and O–H groups in total. The molecule has 26 heavy (non-hydrogen) atoms. The molecule has 1 aromatic heterocycles. The fourth-order valence-electron chi connectivity index (χ4n) is 2.76. The predicted octanol–water partition coefficient (Wildman–Crippen LogP) is 2.34. The van der Waals surface area contributed by atoms with Crippen LogP contribution in [-0.4, -0.2) is 43.7 Å². The van der Waals surface area contributed by atoms with Crippen molar-refractivity contribution in [3.63, 3.8) is 0 Å². The Morgan fingerprint density at radius 3 is 3.08 bits per heavy atom. The second-order valence-corrected chi connectivity index (χ2v) is 6.17. The summed E-state index contributed by atoms with van der Waals surface area (Å²) in [6.07, 6.45) is 0.511. The minimum absolute atomic E-state index is 0.0459. The minimum Gasteiger partial charge on any atom is -0.469 e. The van der Waals surface area contributed by atoms with Crippen molar-refractivity contribution in [3.05, 3.63) is 58.5 Å². The summed E-state index contributed by atoms with van der Waals surface area (Å²) in [5, 5.41) is 5.81. The molecule has 1 unspecified atom stereocenters. The molecular weight excluding hydrogens is 361 g/mol. The van der Waals surface area contributed by atoms with Crippen LogP contribution < -0.4 is 15.4 Å². The van der Waals surface area contributed by atoms with Crippen LogP contribution in [0.15, 0.2) is 36.5 Å². The zero-order valence-corrected chi connectivity index (χ0v) is 14.9. The first-order valence-corrected chi connectivity index (χ1v) is 8.59. The van der Waals surface area contributed by atoms with Gasteiger partial charge in [-0.3, -0.25) is 4.79 Å². The molecule has 138 valence electrons. The maximum Gasteiger partial charge on any atom is 0.256 e. The SMILES string of the molecule is CNC(=O)c1cccnc1O[C@@H]1CNCCOC1c1ccc(Cl)c(F)c1. The van der Waals surface area contributed by atoms with Crippen LogP contribution in [0, 0.1) is 5.82 Å². The Morgan fingerprint density at radius 2 is 2.31 bits per heavy atom. The summed E-state index contributed by atoms with van der Waals surface area (Å²) in [7, 11) is 1.54. The molecule has 0 spiro atoms. The van der Waals surface area contributed by atoms with E-state index >= 15 is 0 Å². The Morgan fingerprint density at radius 1 is 1.46 bits per heavy atom. The molecule has 1 saturated heterocycles. The van der Waals surface area contributed by atoms with Crippen molar-refractivity contribution in [3.8, 4) is 5.88 Å². The minimum atomic E-state index is -0.531. The average molecular weight is 380 g/mol. The summed E-state index contributed by atoms with van der Waals surface area (Å²) in [4.78, 5) is 16.2. The summed E-state index contributed by atoms with van der Waals surface area (Å²) in [6, 6.07) is 7.82. The van der Waals surface area contributed by atoms with E-state index in [9.17, 15) is 9.18 Å². The number of ether oxygens (including phenoxy) is 2. The first-order chi connectivity index (χ1) is 12.6. The Labute approximate surface area is 155 Å². The summed E-state index contributed by atoms with van der Waals surface area (Å²) in [5.74, 6) is -0.624. The molecule has 0 aliphatic carbocycles. The highest BCUT2D eigenvalue weighted by Crippen LogP contribution is 2.29. The summed E-state index contributed by atoms with van der Waals surface area (Å²) in [5.41, 5.74) is 0.929. The molecule has 2 aromatic rings. The number of amides is 1. The number of carbonyl (C=O) groups is 1. The van der Waals surface area contributed by atoms with Crippen LogP contribution >= 0.6 is 11.6 Å². The molecule has 2 heterocycles. The lowest BCUT2D eigenvalue weighted by Crippen LogP contribution is -2.35. The van der Waals surface area contributed by atoms with Crippen molar-refractivity contribution in [1.29, 1.82) is 0 Å². The van der Waals surface area contributed by atoms with Gasteiger partial charge in [0.05, 0.1) is 11.6 Å². The Kier molecular flexibility index (Phi) is 6.03. The van der Waals surface area contributed by atoms with Gasteiger partial charge in [-0.2, -0.15) is 0 Å². The van der Waals surface area contributed by atoms with E-state index in [1.165, 1.54) is 19.2 Å². The number of carbonyl (C=O) groups excluding carboxylic acids is 1. The monoisotopic (exact) mass is 379 g/mol. The van der Waals surface area contributed by atoms with E-state index in [4.69, 9.17) is 21.1 Å². The summed E-state index contributed by atoms with van der Waals surface area (Å²) >= 11 is 5.78. The lowest BCUT2D eigenvalue weighted by Gasteiger charge is -2.26. The molecular formula is C18H19ClFN3O3.